The van der Waals surface area contributed by atoms with E-state index >= 15 is 0 Å². The Hall–Kier alpha value is -6.33. The van der Waals surface area contributed by atoms with Crippen LogP contribution in [0.4, 0.5) is 0 Å². The monoisotopic (exact) mass is 589 g/mol. The van der Waals surface area contributed by atoms with Crippen LogP contribution >= 0.6 is 0 Å². The van der Waals surface area contributed by atoms with Gasteiger partial charge in [0.1, 0.15) is 0 Å². The Morgan fingerprint density at radius 3 is 1.57 bits per heavy atom. The molecule has 0 aliphatic heterocycles. The van der Waals surface area contributed by atoms with Crippen LogP contribution in [0, 0.1) is 0 Å². The Bertz CT molecular complexity index is 2440. The number of fused-ring (bicyclic) bond motifs is 5. The summed E-state index contributed by atoms with van der Waals surface area (Å²) in [5.41, 5.74) is 9.65. The summed E-state index contributed by atoms with van der Waals surface area (Å²) in [4.78, 5) is 15.4. The van der Waals surface area contributed by atoms with Gasteiger partial charge in [0, 0.05) is 33.7 Å². The van der Waals surface area contributed by atoms with Gasteiger partial charge in [-0.2, -0.15) is 9.97 Å². The van der Waals surface area contributed by atoms with Gasteiger partial charge in [0.2, 0.25) is 5.95 Å². The summed E-state index contributed by atoms with van der Waals surface area (Å²) in [6.07, 6.45) is 2.15. The Balaban J connectivity index is 1.45. The van der Waals surface area contributed by atoms with Crippen molar-refractivity contribution in [1.29, 1.82) is 0 Å². The highest BCUT2D eigenvalue weighted by molar-refractivity contribution is 6.21. The van der Waals surface area contributed by atoms with Crippen LogP contribution in [0.15, 0.2) is 164 Å². The molecule has 0 unspecified atom stereocenters. The number of rotatable bonds is 5. The minimum absolute atomic E-state index is 0.577. The molecule has 0 fully saturated rings. The van der Waals surface area contributed by atoms with E-state index in [0.29, 0.717) is 17.6 Å². The minimum atomic E-state index is 0.577. The Morgan fingerprint density at radius 1 is 0.413 bits per heavy atom. The van der Waals surface area contributed by atoms with Gasteiger partial charge >= 0.3 is 0 Å². The van der Waals surface area contributed by atoms with Crippen LogP contribution in [0.25, 0.3) is 78.4 Å². The summed E-state index contributed by atoms with van der Waals surface area (Å²) in [7, 11) is 0. The van der Waals surface area contributed by atoms with Gasteiger partial charge in [-0.15, -0.1) is 0 Å². The fourth-order valence-electron chi connectivity index (χ4n) is 6.52. The number of benzene rings is 5. The lowest BCUT2D eigenvalue weighted by atomic mass is 10.0. The first-order valence-electron chi connectivity index (χ1n) is 15.4. The fourth-order valence-corrected chi connectivity index (χ4v) is 6.52. The molecule has 5 heteroatoms. The Morgan fingerprint density at radius 2 is 0.957 bits per heavy atom. The van der Waals surface area contributed by atoms with Crippen molar-refractivity contribution in [1.82, 2.24) is 23.9 Å². The van der Waals surface area contributed by atoms with Crippen LogP contribution < -0.4 is 0 Å². The molecule has 0 saturated heterocycles. The predicted octanol–water partition coefficient (Wildman–Crippen LogP) is 9.89. The lowest BCUT2D eigenvalue weighted by Gasteiger charge is -2.12. The van der Waals surface area contributed by atoms with Crippen molar-refractivity contribution < 1.29 is 0 Å². The second-order valence-electron chi connectivity index (χ2n) is 11.3. The lowest BCUT2D eigenvalue weighted by molar-refractivity contribution is 0.952. The molecule has 9 rings (SSSR count). The van der Waals surface area contributed by atoms with Crippen molar-refractivity contribution in [2.45, 2.75) is 0 Å². The van der Waals surface area contributed by atoms with E-state index in [1.165, 1.54) is 5.56 Å². The normalized spacial score (nSPS) is 11.5. The third-order valence-electron chi connectivity index (χ3n) is 8.59. The Labute approximate surface area is 265 Å². The molecule has 5 aromatic carbocycles. The van der Waals surface area contributed by atoms with Gasteiger partial charge in [0.05, 0.1) is 22.2 Å². The van der Waals surface area contributed by atoms with E-state index in [2.05, 4.69) is 112 Å². The van der Waals surface area contributed by atoms with Gasteiger partial charge in [0.15, 0.2) is 11.6 Å². The van der Waals surface area contributed by atoms with Crippen LogP contribution in [0.1, 0.15) is 0 Å². The molecule has 4 heterocycles. The highest BCUT2D eigenvalue weighted by Gasteiger charge is 2.25. The van der Waals surface area contributed by atoms with E-state index in [1.807, 2.05) is 60.7 Å². The van der Waals surface area contributed by atoms with Crippen molar-refractivity contribution in [2.24, 2.45) is 0 Å². The van der Waals surface area contributed by atoms with Crippen molar-refractivity contribution in [3.05, 3.63) is 164 Å². The first-order valence-corrected chi connectivity index (χ1v) is 15.4. The zero-order valence-electron chi connectivity index (χ0n) is 24.8. The number of aromatic nitrogens is 5. The highest BCUT2D eigenvalue weighted by Crippen LogP contribution is 2.43. The van der Waals surface area contributed by atoms with Gasteiger partial charge < -0.3 is 4.40 Å². The maximum absolute atomic E-state index is 5.19. The zero-order valence-corrected chi connectivity index (χ0v) is 24.8. The van der Waals surface area contributed by atoms with Crippen molar-refractivity contribution >= 4 is 27.3 Å². The van der Waals surface area contributed by atoms with Gasteiger partial charge in [-0.25, -0.2) is 4.98 Å². The molecule has 4 aromatic heterocycles. The van der Waals surface area contributed by atoms with Crippen LogP contribution in [-0.2, 0) is 0 Å². The van der Waals surface area contributed by atoms with E-state index in [1.54, 1.807) is 0 Å². The molecular formula is C41H27N5. The lowest BCUT2D eigenvalue weighted by Crippen LogP contribution is -2.07. The third kappa shape index (κ3) is 4.21. The molecule has 0 aliphatic carbocycles. The molecule has 5 nitrogen and oxygen atoms in total. The summed E-state index contributed by atoms with van der Waals surface area (Å²) >= 11 is 0. The van der Waals surface area contributed by atoms with Crippen molar-refractivity contribution in [3.8, 4) is 51.1 Å². The maximum Gasteiger partial charge on any atom is 0.238 e. The predicted molar refractivity (Wildman–Crippen MR) is 187 cm³/mol. The number of hydrogen-bond donors (Lipinski definition) is 0. The average Bonchev–Trinajstić information content (AvgIpc) is 3.65. The molecule has 0 bridgehead atoms. The number of nitrogens with zero attached hydrogens (tertiary/aromatic N) is 5. The summed E-state index contributed by atoms with van der Waals surface area (Å²) in [6, 6.07) is 54.5. The molecule has 0 radical (unpaired) electrons. The van der Waals surface area contributed by atoms with Crippen molar-refractivity contribution in [2.75, 3.05) is 0 Å². The summed E-state index contributed by atoms with van der Waals surface area (Å²) in [5.74, 6) is 1.84. The Kier molecular flexibility index (Phi) is 6.06. The molecular weight excluding hydrogens is 562 g/mol. The molecule has 0 atom stereocenters. The molecule has 216 valence electrons. The van der Waals surface area contributed by atoms with Gasteiger partial charge in [0.25, 0.3) is 0 Å². The summed E-state index contributed by atoms with van der Waals surface area (Å²) in [6.45, 7) is 0. The molecule has 0 saturated carbocycles. The van der Waals surface area contributed by atoms with Crippen LogP contribution in [0.2, 0.25) is 0 Å². The molecule has 9 aromatic rings. The smallest absolute Gasteiger partial charge is 0.238 e. The van der Waals surface area contributed by atoms with E-state index in [0.717, 1.165) is 55.3 Å². The first-order chi connectivity index (χ1) is 22.8. The number of hydrogen-bond acceptors (Lipinski definition) is 3. The van der Waals surface area contributed by atoms with E-state index in [-0.39, 0.29) is 0 Å². The van der Waals surface area contributed by atoms with Gasteiger partial charge in [-0.05, 0) is 35.4 Å². The molecule has 0 amide bonds. The van der Waals surface area contributed by atoms with Crippen LogP contribution in [0.5, 0.6) is 0 Å². The minimum Gasteiger partial charge on any atom is -0.314 e. The zero-order chi connectivity index (χ0) is 30.5. The van der Waals surface area contributed by atoms with E-state index in [9.17, 15) is 0 Å². The highest BCUT2D eigenvalue weighted by atomic mass is 15.2. The van der Waals surface area contributed by atoms with Crippen LogP contribution in [-0.4, -0.2) is 23.9 Å². The summed E-state index contributed by atoms with van der Waals surface area (Å²) < 4.78 is 4.53. The second-order valence-corrected chi connectivity index (χ2v) is 11.3. The quantitative estimate of drug-likeness (QED) is 0.201. The fraction of sp³-hybridized carbons (Fsp3) is 0. The largest absolute Gasteiger partial charge is 0.314 e. The van der Waals surface area contributed by atoms with E-state index < -0.39 is 0 Å². The van der Waals surface area contributed by atoms with Gasteiger partial charge in [-0.1, -0.05) is 133 Å². The van der Waals surface area contributed by atoms with Crippen LogP contribution in [0.3, 0.4) is 0 Å². The second kappa shape index (κ2) is 10.7. The first kappa shape index (κ1) is 26.1. The summed E-state index contributed by atoms with van der Waals surface area (Å²) in [5, 5.41) is 2.31. The number of pyridine rings is 1. The molecule has 46 heavy (non-hydrogen) atoms. The van der Waals surface area contributed by atoms with E-state index in [4.69, 9.17) is 15.0 Å². The SMILES string of the molecule is c1ccc(-c2ccc3c(c2)c2c(c(-c4ccccc4)n4ccccc24)n3-c2nc(-c3ccccc3)nc(-c3ccccc3)n2)cc1. The molecule has 0 aliphatic rings. The maximum atomic E-state index is 5.19. The topological polar surface area (TPSA) is 48.0 Å². The average molecular weight is 590 g/mol. The third-order valence-corrected chi connectivity index (χ3v) is 8.59. The van der Waals surface area contributed by atoms with Gasteiger partial charge in [-0.3, -0.25) is 4.57 Å². The standard InChI is InChI=1S/C41H27N5/c1-5-15-28(16-6-1)32-24-25-34-33(27-32)36-35-23-13-14-26-45(35)37(29-17-7-2-8-18-29)38(36)46(34)41-43-39(30-19-9-3-10-20-30)42-40(44-41)31-21-11-4-12-22-31/h1-27H. The molecule has 0 spiro atoms. The van der Waals surface area contributed by atoms with Crippen molar-refractivity contribution in [3.63, 3.8) is 0 Å². The molecule has 0 N–H and O–H groups in total.